The van der Waals surface area contributed by atoms with Crippen molar-refractivity contribution in [1.82, 2.24) is 20.2 Å². The SMILES string of the molecule is C[C@H]1C[C@H](NC(=O)NCc2cnn3ccccc23)c2ccsc2S1(=O)=O. The quantitative estimate of drug-likeness (QED) is 0.719. The maximum Gasteiger partial charge on any atom is 0.315 e. The first-order chi connectivity index (χ1) is 12.5. The Morgan fingerprint density at radius 1 is 1.38 bits per heavy atom. The molecule has 0 bridgehead atoms. The largest absolute Gasteiger partial charge is 0.334 e. The Bertz CT molecular complexity index is 1070. The number of fused-ring (bicyclic) bond motifs is 2. The number of nitrogens with one attached hydrogen (secondary N) is 2. The minimum absolute atomic E-state index is 0.307. The van der Waals surface area contributed by atoms with Crippen LogP contribution in [0.5, 0.6) is 0 Å². The first kappa shape index (κ1) is 17.0. The summed E-state index contributed by atoms with van der Waals surface area (Å²) in [6, 6.07) is 6.89. The third kappa shape index (κ3) is 2.86. The number of pyridine rings is 1. The van der Waals surface area contributed by atoms with Crippen LogP contribution in [0.15, 0.2) is 46.2 Å². The molecular weight excluding hydrogens is 372 g/mol. The highest BCUT2D eigenvalue weighted by Crippen LogP contribution is 2.39. The van der Waals surface area contributed by atoms with Crippen LogP contribution >= 0.6 is 11.3 Å². The molecule has 4 rings (SSSR count). The predicted octanol–water partition coefficient (Wildman–Crippen LogP) is 2.50. The Balaban J connectivity index is 1.46. The lowest BCUT2D eigenvalue weighted by Gasteiger charge is -2.28. The fraction of sp³-hybridized carbons (Fsp3) is 0.294. The van der Waals surface area contributed by atoms with E-state index >= 15 is 0 Å². The van der Waals surface area contributed by atoms with Gasteiger partial charge in [-0.15, -0.1) is 11.3 Å². The standard InChI is InChI=1S/C17H18N4O3S2/c1-11-8-14(13-5-7-25-16(13)26(11,23)24)20-17(22)18-9-12-10-19-21-6-3-2-4-15(12)21/h2-7,10-11,14H,8-9H2,1H3,(H2,18,20,22)/t11-,14-/m0/s1. The topological polar surface area (TPSA) is 92.6 Å². The molecule has 0 aromatic carbocycles. The molecule has 1 aliphatic heterocycles. The average Bonchev–Trinajstić information content (AvgIpc) is 3.26. The number of urea groups is 1. The van der Waals surface area contributed by atoms with E-state index in [0.717, 1.165) is 11.1 Å². The molecule has 9 heteroatoms. The molecule has 2 N–H and O–H groups in total. The molecule has 7 nitrogen and oxygen atoms in total. The molecule has 2 amide bonds. The lowest BCUT2D eigenvalue weighted by molar-refractivity contribution is 0.235. The number of thiophene rings is 1. The van der Waals surface area contributed by atoms with Crippen molar-refractivity contribution in [3.8, 4) is 0 Å². The number of carbonyl (C=O) groups excluding carboxylic acids is 1. The van der Waals surface area contributed by atoms with E-state index in [1.54, 1.807) is 29.1 Å². The second-order valence-corrected chi connectivity index (χ2v) is 9.81. The van der Waals surface area contributed by atoms with Crippen LogP contribution in [0.25, 0.3) is 5.52 Å². The number of carbonyl (C=O) groups is 1. The van der Waals surface area contributed by atoms with Gasteiger partial charge >= 0.3 is 6.03 Å². The zero-order valence-electron chi connectivity index (χ0n) is 14.0. The van der Waals surface area contributed by atoms with E-state index in [1.165, 1.54) is 11.3 Å². The maximum absolute atomic E-state index is 12.4. The maximum atomic E-state index is 12.4. The van der Waals surface area contributed by atoms with Crippen molar-refractivity contribution >= 4 is 32.7 Å². The molecule has 26 heavy (non-hydrogen) atoms. The molecule has 4 heterocycles. The Morgan fingerprint density at radius 3 is 3.08 bits per heavy atom. The van der Waals surface area contributed by atoms with Gasteiger partial charge in [-0.1, -0.05) is 6.07 Å². The first-order valence-electron chi connectivity index (χ1n) is 8.23. The molecule has 0 spiro atoms. The number of hydrogen-bond acceptors (Lipinski definition) is 5. The summed E-state index contributed by atoms with van der Waals surface area (Å²) in [6.45, 7) is 2.03. The van der Waals surface area contributed by atoms with Crippen molar-refractivity contribution in [1.29, 1.82) is 0 Å². The zero-order valence-corrected chi connectivity index (χ0v) is 15.7. The summed E-state index contributed by atoms with van der Waals surface area (Å²) in [4.78, 5) is 12.3. The monoisotopic (exact) mass is 390 g/mol. The molecule has 0 aliphatic carbocycles. The van der Waals surface area contributed by atoms with Gasteiger partial charge in [0, 0.05) is 23.9 Å². The second kappa shape index (κ2) is 6.40. The van der Waals surface area contributed by atoms with Crippen molar-refractivity contribution < 1.29 is 13.2 Å². The fourth-order valence-corrected chi connectivity index (χ4v) is 6.44. The van der Waals surface area contributed by atoms with Gasteiger partial charge in [0.2, 0.25) is 0 Å². The van der Waals surface area contributed by atoms with Crippen LogP contribution in [-0.2, 0) is 16.4 Å². The summed E-state index contributed by atoms with van der Waals surface area (Å²) in [5.41, 5.74) is 2.53. The van der Waals surface area contributed by atoms with Gasteiger partial charge in [0.05, 0.1) is 23.0 Å². The van der Waals surface area contributed by atoms with Gasteiger partial charge in [0.1, 0.15) is 4.21 Å². The molecule has 0 unspecified atom stereocenters. The van der Waals surface area contributed by atoms with Crippen LogP contribution in [0.4, 0.5) is 4.79 Å². The Labute approximate surface area is 155 Å². The van der Waals surface area contributed by atoms with Gasteiger partial charge < -0.3 is 10.6 Å². The number of hydrogen-bond donors (Lipinski definition) is 2. The summed E-state index contributed by atoms with van der Waals surface area (Å²) in [5.74, 6) is 0. The van der Waals surface area contributed by atoms with E-state index in [2.05, 4.69) is 15.7 Å². The van der Waals surface area contributed by atoms with Crippen molar-refractivity contribution in [2.24, 2.45) is 0 Å². The van der Waals surface area contributed by atoms with Crippen LogP contribution in [-0.4, -0.2) is 29.3 Å². The lowest BCUT2D eigenvalue weighted by Crippen LogP contribution is -2.41. The number of rotatable bonds is 3. The van der Waals surface area contributed by atoms with E-state index < -0.39 is 15.1 Å². The number of nitrogens with zero attached hydrogens (tertiary/aromatic N) is 2. The average molecular weight is 390 g/mol. The van der Waals surface area contributed by atoms with Crippen molar-refractivity contribution in [2.75, 3.05) is 0 Å². The van der Waals surface area contributed by atoms with Gasteiger partial charge in [-0.25, -0.2) is 17.7 Å². The smallest absolute Gasteiger partial charge is 0.315 e. The van der Waals surface area contributed by atoms with Crippen LogP contribution in [0, 0.1) is 0 Å². The highest BCUT2D eigenvalue weighted by molar-refractivity contribution is 7.94. The highest BCUT2D eigenvalue weighted by atomic mass is 32.2. The number of amides is 2. The summed E-state index contributed by atoms with van der Waals surface area (Å²) in [6.07, 6.45) is 3.94. The van der Waals surface area contributed by atoms with Gasteiger partial charge in [-0.2, -0.15) is 5.10 Å². The third-order valence-corrected chi connectivity index (χ3v) is 8.35. The number of sulfone groups is 1. The fourth-order valence-electron chi connectivity index (χ4n) is 3.21. The van der Waals surface area contributed by atoms with E-state index in [-0.39, 0.29) is 12.1 Å². The van der Waals surface area contributed by atoms with Crippen LogP contribution < -0.4 is 10.6 Å². The molecule has 2 atom stereocenters. The Morgan fingerprint density at radius 2 is 2.23 bits per heavy atom. The number of aromatic nitrogens is 2. The van der Waals surface area contributed by atoms with E-state index in [1.807, 2.05) is 24.4 Å². The van der Waals surface area contributed by atoms with Gasteiger partial charge in [0.25, 0.3) is 0 Å². The molecule has 0 radical (unpaired) electrons. The molecule has 1 aliphatic rings. The predicted molar refractivity (Wildman–Crippen MR) is 98.9 cm³/mol. The van der Waals surface area contributed by atoms with Crippen molar-refractivity contribution in [3.05, 3.63) is 53.2 Å². The van der Waals surface area contributed by atoms with Crippen molar-refractivity contribution in [3.63, 3.8) is 0 Å². The van der Waals surface area contributed by atoms with Gasteiger partial charge in [0.15, 0.2) is 9.84 Å². The minimum Gasteiger partial charge on any atom is -0.334 e. The first-order valence-corrected chi connectivity index (χ1v) is 10.7. The van der Waals surface area contributed by atoms with E-state index in [0.29, 0.717) is 22.7 Å². The summed E-state index contributed by atoms with van der Waals surface area (Å²) in [7, 11) is -3.28. The Hall–Kier alpha value is -2.39. The third-order valence-electron chi connectivity index (χ3n) is 4.64. The van der Waals surface area contributed by atoms with E-state index in [9.17, 15) is 13.2 Å². The summed E-state index contributed by atoms with van der Waals surface area (Å²) < 4.78 is 26.9. The summed E-state index contributed by atoms with van der Waals surface area (Å²) in [5, 5.41) is 11.2. The normalized spacial score (nSPS) is 21.3. The van der Waals surface area contributed by atoms with Crippen molar-refractivity contribution in [2.45, 2.75) is 35.4 Å². The van der Waals surface area contributed by atoms with Gasteiger partial charge in [-0.05, 0) is 36.9 Å². The molecule has 0 saturated heterocycles. The van der Waals surface area contributed by atoms with Crippen LogP contribution in [0.2, 0.25) is 0 Å². The van der Waals surface area contributed by atoms with Gasteiger partial charge in [-0.3, -0.25) is 0 Å². The second-order valence-electron chi connectivity index (χ2n) is 6.33. The molecule has 136 valence electrons. The molecule has 0 saturated carbocycles. The summed E-state index contributed by atoms with van der Waals surface area (Å²) >= 11 is 1.21. The van der Waals surface area contributed by atoms with Crippen LogP contribution in [0.3, 0.4) is 0 Å². The lowest BCUT2D eigenvalue weighted by atomic mass is 10.1. The minimum atomic E-state index is -3.28. The molecule has 3 aromatic heterocycles. The zero-order chi connectivity index (χ0) is 18.3. The molecule has 3 aromatic rings. The highest BCUT2D eigenvalue weighted by Gasteiger charge is 2.37. The van der Waals surface area contributed by atoms with Crippen LogP contribution in [0.1, 0.15) is 30.5 Å². The Kier molecular flexibility index (Phi) is 4.20. The van der Waals surface area contributed by atoms with E-state index in [4.69, 9.17) is 0 Å². The molecule has 0 fully saturated rings. The molecular formula is C17H18N4O3S2.